The van der Waals surface area contributed by atoms with Crippen molar-refractivity contribution in [2.24, 2.45) is 0 Å². The quantitative estimate of drug-likeness (QED) is 0.771. The van der Waals surface area contributed by atoms with E-state index < -0.39 is 5.97 Å². The summed E-state index contributed by atoms with van der Waals surface area (Å²) in [5, 5.41) is 9.41. The van der Waals surface area contributed by atoms with E-state index in [1.165, 1.54) is 6.26 Å². The molecule has 0 spiro atoms. The highest BCUT2D eigenvalue weighted by molar-refractivity contribution is 6.04. The summed E-state index contributed by atoms with van der Waals surface area (Å²) in [5.41, 5.74) is 0.547. The van der Waals surface area contributed by atoms with Crippen LogP contribution in [0.3, 0.4) is 0 Å². The summed E-state index contributed by atoms with van der Waals surface area (Å²) in [6.45, 7) is 0.136. The lowest BCUT2D eigenvalue weighted by molar-refractivity contribution is 0.0698. The van der Waals surface area contributed by atoms with E-state index in [0.717, 1.165) is 0 Å². The van der Waals surface area contributed by atoms with Crippen LogP contribution in [-0.2, 0) is 0 Å². The fraction of sp³-hybridized carbons (Fsp3) is 0.100. The van der Waals surface area contributed by atoms with E-state index in [-0.39, 0.29) is 12.4 Å². The van der Waals surface area contributed by atoms with Crippen LogP contribution in [0.4, 0.5) is 0 Å². The zero-order valence-corrected chi connectivity index (χ0v) is 7.52. The standard InChI is InChI=1S/C10H6O5/c11-10(12)6-3-13-8-5(6)1-2-7-9(8)15-4-14-7/h1-3H,4H2,(H,11,12). The molecule has 2 heterocycles. The molecule has 1 aliphatic rings. The highest BCUT2D eigenvalue weighted by Gasteiger charge is 2.22. The van der Waals surface area contributed by atoms with Crippen molar-refractivity contribution < 1.29 is 23.8 Å². The smallest absolute Gasteiger partial charge is 0.339 e. The maximum Gasteiger partial charge on any atom is 0.339 e. The van der Waals surface area contributed by atoms with Crippen LogP contribution < -0.4 is 9.47 Å². The number of fused-ring (bicyclic) bond motifs is 3. The zero-order chi connectivity index (χ0) is 10.4. The molecule has 0 bridgehead atoms. The minimum Gasteiger partial charge on any atom is -0.478 e. The highest BCUT2D eigenvalue weighted by Crippen LogP contribution is 2.40. The number of benzene rings is 1. The molecule has 0 radical (unpaired) electrons. The van der Waals surface area contributed by atoms with Crippen LogP contribution in [0.15, 0.2) is 22.8 Å². The van der Waals surface area contributed by atoms with Gasteiger partial charge in [0.1, 0.15) is 11.8 Å². The van der Waals surface area contributed by atoms with Crippen LogP contribution in [0.1, 0.15) is 10.4 Å². The molecule has 2 aromatic rings. The van der Waals surface area contributed by atoms with Gasteiger partial charge in [-0.3, -0.25) is 0 Å². The third kappa shape index (κ3) is 0.999. The Hall–Kier alpha value is -2.17. The van der Waals surface area contributed by atoms with Crippen molar-refractivity contribution in [1.29, 1.82) is 0 Å². The van der Waals surface area contributed by atoms with Gasteiger partial charge < -0.3 is 19.0 Å². The van der Waals surface area contributed by atoms with Gasteiger partial charge in [-0.05, 0) is 12.1 Å². The van der Waals surface area contributed by atoms with Gasteiger partial charge in [0.05, 0.1) is 0 Å². The first-order valence-electron chi connectivity index (χ1n) is 4.30. The Morgan fingerprint density at radius 3 is 3.00 bits per heavy atom. The first-order chi connectivity index (χ1) is 7.27. The van der Waals surface area contributed by atoms with Crippen molar-refractivity contribution in [3.8, 4) is 11.5 Å². The molecule has 15 heavy (non-hydrogen) atoms. The minimum absolute atomic E-state index is 0.128. The zero-order valence-electron chi connectivity index (χ0n) is 7.52. The Morgan fingerprint density at radius 2 is 2.20 bits per heavy atom. The predicted molar refractivity (Wildman–Crippen MR) is 49.3 cm³/mol. The summed E-state index contributed by atoms with van der Waals surface area (Å²) in [4.78, 5) is 10.8. The molecule has 5 nitrogen and oxygen atoms in total. The van der Waals surface area contributed by atoms with Gasteiger partial charge in [-0.2, -0.15) is 0 Å². The topological polar surface area (TPSA) is 68.9 Å². The number of carbonyl (C=O) groups is 1. The summed E-state index contributed by atoms with van der Waals surface area (Å²) in [6.07, 6.45) is 1.20. The Labute approximate surface area is 83.8 Å². The van der Waals surface area contributed by atoms with Crippen LogP contribution >= 0.6 is 0 Å². The number of hydrogen-bond donors (Lipinski definition) is 1. The molecule has 0 saturated heterocycles. The van der Waals surface area contributed by atoms with Crippen molar-refractivity contribution in [1.82, 2.24) is 0 Å². The lowest BCUT2D eigenvalue weighted by atomic mass is 10.1. The van der Waals surface area contributed by atoms with Crippen molar-refractivity contribution in [2.45, 2.75) is 0 Å². The predicted octanol–water partition coefficient (Wildman–Crippen LogP) is 1.86. The molecular weight excluding hydrogens is 200 g/mol. The first-order valence-corrected chi connectivity index (χ1v) is 4.30. The van der Waals surface area contributed by atoms with E-state index in [4.69, 9.17) is 19.0 Å². The third-order valence-electron chi connectivity index (χ3n) is 2.31. The van der Waals surface area contributed by atoms with Gasteiger partial charge in [-0.15, -0.1) is 0 Å². The summed E-state index contributed by atoms with van der Waals surface area (Å²) in [6, 6.07) is 3.32. The number of ether oxygens (including phenoxy) is 2. The summed E-state index contributed by atoms with van der Waals surface area (Å²) in [7, 11) is 0. The van der Waals surface area contributed by atoms with Gasteiger partial charge >= 0.3 is 5.97 Å². The molecule has 0 atom stereocenters. The monoisotopic (exact) mass is 206 g/mol. The lowest BCUT2D eigenvalue weighted by Gasteiger charge is -1.95. The second-order valence-corrected chi connectivity index (χ2v) is 3.13. The molecule has 0 fully saturated rings. The van der Waals surface area contributed by atoms with Gasteiger partial charge in [-0.25, -0.2) is 4.79 Å². The molecule has 3 rings (SSSR count). The van der Waals surface area contributed by atoms with Crippen LogP contribution in [0.5, 0.6) is 11.5 Å². The fourth-order valence-electron chi connectivity index (χ4n) is 1.62. The second kappa shape index (κ2) is 2.66. The van der Waals surface area contributed by atoms with E-state index in [1.807, 2.05) is 0 Å². The number of furan rings is 1. The van der Waals surface area contributed by atoms with Crippen molar-refractivity contribution in [2.75, 3.05) is 6.79 Å². The normalized spacial score (nSPS) is 13.3. The average Bonchev–Trinajstić information content (AvgIpc) is 2.82. The number of hydrogen-bond acceptors (Lipinski definition) is 4. The number of carboxylic acid groups (broad SMARTS) is 1. The molecule has 0 aliphatic carbocycles. The Balaban J connectivity index is 2.35. The summed E-state index contributed by atoms with van der Waals surface area (Å²) < 4.78 is 15.5. The molecule has 0 amide bonds. The van der Waals surface area contributed by atoms with Crippen LogP contribution in [0.25, 0.3) is 11.0 Å². The van der Waals surface area contributed by atoms with E-state index in [9.17, 15) is 4.79 Å². The fourth-order valence-corrected chi connectivity index (χ4v) is 1.62. The van der Waals surface area contributed by atoms with E-state index in [2.05, 4.69) is 0 Å². The average molecular weight is 206 g/mol. The minimum atomic E-state index is -1.02. The van der Waals surface area contributed by atoms with Crippen molar-refractivity contribution >= 4 is 16.9 Å². The van der Waals surface area contributed by atoms with Gasteiger partial charge in [0.15, 0.2) is 11.3 Å². The van der Waals surface area contributed by atoms with Crippen LogP contribution in [0.2, 0.25) is 0 Å². The van der Waals surface area contributed by atoms with E-state index >= 15 is 0 Å². The van der Waals surface area contributed by atoms with E-state index in [1.54, 1.807) is 12.1 Å². The van der Waals surface area contributed by atoms with Gasteiger partial charge in [0, 0.05) is 5.39 Å². The maximum absolute atomic E-state index is 10.8. The Morgan fingerprint density at radius 1 is 1.33 bits per heavy atom. The molecule has 1 aromatic carbocycles. The molecule has 0 unspecified atom stereocenters. The molecule has 76 valence electrons. The largest absolute Gasteiger partial charge is 0.478 e. The maximum atomic E-state index is 10.8. The van der Waals surface area contributed by atoms with Gasteiger partial charge in [0.25, 0.3) is 0 Å². The Kier molecular flexibility index (Phi) is 1.45. The highest BCUT2D eigenvalue weighted by atomic mass is 16.7. The molecule has 1 aliphatic heterocycles. The SMILES string of the molecule is O=C(O)c1coc2c3c(ccc12)OCO3. The first kappa shape index (κ1) is 8.16. The third-order valence-corrected chi connectivity index (χ3v) is 2.31. The number of aromatic carboxylic acids is 1. The van der Waals surface area contributed by atoms with Crippen molar-refractivity contribution in [3.63, 3.8) is 0 Å². The van der Waals surface area contributed by atoms with Crippen molar-refractivity contribution in [3.05, 3.63) is 24.0 Å². The second-order valence-electron chi connectivity index (χ2n) is 3.13. The molecule has 1 aromatic heterocycles. The lowest BCUT2D eigenvalue weighted by Crippen LogP contribution is -1.93. The van der Waals surface area contributed by atoms with Crippen LogP contribution in [-0.4, -0.2) is 17.9 Å². The Bertz CT molecular complexity index is 554. The molecular formula is C10H6O5. The molecule has 5 heteroatoms. The molecule has 0 saturated carbocycles. The molecule has 1 N–H and O–H groups in total. The summed E-state index contributed by atoms with van der Waals surface area (Å²) in [5.74, 6) is 0.0291. The number of rotatable bonds is 1. The van der Waals surface area contributed by atoms with Crippen LogP contribution in [0, 0.1) is 0 Å². The number of carboxylic acids is 1. The van der Waals surface area contributed by atoms with E-state index in [0.29, 0.717) is 22.5 Å². The summed E-state index contributed by atoms with van der Waals surface area (Å²) >= 11 is 0. The van der Waals surface area contributed by atoms with Gasteiger partial charge in [0.2, 0.25) is 12.5 Å². The van der Waals surface area contributed by atoms with Gasteiger partial charge in [-0.1, -0.05) is 0 Å².